The standard InChI is InChI=1S/C9H14N4O3/c1-3-7(2)11-9(14)5-12-4-8(10-6-12)13(15)16/h4,6-7H,3,5H2,1-2H3,(H,11,14)/t7-/m0/s1. The lowest BCUT2D eigenvalue weighted by Gasteiger charge is -2.10. The van der Waals surface area contributed by atoms with E-state index in [2.05, 4.69) is 10.3 Å². The molecule has 0 spiro atoms. The van der Waals surface area contributed by atoms with Crippen molar-refractivity contribution in [2.75, 3.05) is 0 Å². The third-order valence-corrected chi connectivity index (χ3v) is 2.15. The highest BCUT2D eigenvalue weighted by Gasteiger charge is 2.12. The van der Waals surface area contributed by atoms with E-state index < -0.39 is 4.92 Å². The fourth-order valence-corrected chi connectivity index (χ4v) is 1.12. The zero-order chi connectivity index (χ0) is 12.1. The summed E-state index contributed by atoms with van der Waals surface area (Å²) in [5.74, 6) is -0.432. The number of carbonyl (C=O) groups is 1. The van der Waals surface area contributed by atoms with Crippen molar-refractivity contribution in [2.24, 2.45) is 0 Å². The summed E-state index contributed by atoms with van der Waals surface area (Å²) >= 11 is 0. The minimum absolute atomic E-state index is 0.0468. The predicted molar refractivity (Wildman–Crippen MR) is 56.8 cm³/mol. The molecule has 0 saturated heterocycles. The molecule has 1 amide bonds. The minimum Gasteiger partial charge on any atom is -0.358 e. The molecule has 1 atom stereocenters. The predicted octanol–water partition coefficient (Wildman–Crippen LogP) is 0.706. The first-order valence-corrected chi connectivity index (χ1v) is 4.98. The number of nitrogens with one attached hydrogen (secondary N) is 1. The molecule has 7 heteroatoms. The Labute approximate surface area is 92.6 Å². The van der Waals surface area contributed by atoms with E-state index in [-0.39, 0.29) is 24.3 Å². The molecule has 0 saturated carbocycles. The molecule has 1 rings (SSSR count). The Bertz CT molecular complexity index is 388. The van der Waals surface area contributed by atoms with Crippen molar-refractivity contribution < 1.29 is 9.72 Å². The molecule has 88 valence electrons. The topological polar surface area (TPSA) is 90.1 Å². The van der Waals surface area contributed by atoms with Crippen LogP contribution in [-0.4, -0.2) is 26.4 Å². The third-order valence-electron chi connectivity index (χ3n) is 2.15. The Morgan fingerprint density at radius 3 is 2.94 bits per heavy atom. The molecule has 0 aliphatic carbocycles. The van der Waals surface area contributed by atoms with E-state index in [1.54, 1.807) is 0 Å². The van der Waals surface area contributed by atoms with Gasteiger partial charge in [-0.1, -0.05) is 6.92 Å². The monoisotopic (exact) mass is 226 g/mol. The van der Waals surface area contributed by atoms with Crippen LogP contribution in [-0.2, 0) is 11.3 Å². The Balaban J connectivity index is 2.53. The Morgan fingerprint density at radius 1 is 1.75 bits per heavy atom. The lowest BCUT2D eigenvalue weighted by atomic mass is 10.2. The first-order chi connectivity index (χ1) is 7.52. The van der Waals surface area contributed by atoms with Gasteiger partial charge in [0.2, 0.25) is 12.2 Å². The zero-order valence-electron chi connectivity index (χ0n) is 9.21. The largest absolute Gasteiger partial charge is 0.381 e. The van der Waals surface area contributed by atoms with Crippen LogP contribution in [0, 0.1) is 10.1 Å². The van der Waals surface area contributed by atoms with E-state index in [9.17, 15) is 14.9 Å². The average molecular weight is 226 g/mol. The molecule has 16 heavy (non-hydrogen) atoms. The average Bonchev–Trinajstić information content (AvgIpc) is 2.65. The molecule has 0 radical (unpaired) electrons. The Kier molecular flexibility index (Phi) is 3.98. The van der Waals surface area contributed by atoms with Crippen molar-refractivity contribution in [1.29, 1.82) is 0 Å². The maximum absolute atomic E-state index is 11.4. The van der Waals surface area contributed by atoms with Gasteiger partial charge in [-0.3, -0.25) is 4.79 Å². The molecule has 1 aromatic rings. The molecule has 1 heterocycles. The number of amides is 1. The second-order valence-electron chi connectivity index (χ2n) is 3.54. The summed E-state index contributed by atoms with van der Waals surface area (Å²) in [5.41, 5.74) is 0. The normalized spacial score (nSPS) is 12.1. The van der Waals surface area contributed by atoms with Crippen LogP contribution >= 0.6 is 0 Å². The lowest BCUT2D eigenvalue weighted by Crippen LogP contribution is -2.34. The number of carbonyl (C=O) groups excluding carboxylic acids is 1. The zero-order valence-corrected chi connectivity index (χ0v) is 9.21. The van der Waals surface area contributed by atoms with Gasteiger partial charge in [0.1, 0.15) is 12.7 Å². The Morgan fingerprint density at radius 2 is 2.44 bits per heavy atom. The summed E-state index contributed by atoms with van der Waals surface area (Å²) in [6.45, 7) is 3.91. The van der Waals surface area contributed by atoms with E-state index in [1.165, 1.54) is 17.1 Å². The molecule has 0 aromatic carbocycles. The van der Waals surface area contributed by atoms with Gasteiger partial charge in [0.05, 0.1) is 0 Å². The van der Waals surface area contributed by atoms with E-state index in [1.807, 2.05) is 13.8 Å². The van der Waals surface area contributed by atoms with Crippen LogP contribution in [0.2, 0.25) is 0 Å². The van der Waals surface area contributed by atoms with Crippen LogP contribution in [0.15, 0.2) is 12.5 Å². The van der Waals surface area contributed by atoms with Gasteiger partial charge in [0.15, 0.2) is 0 Å². The fourth-order valence-electron chi connectivity index (χ4n) is 1.12. The van der Waals surface area contributed by atoms with Crippen LogP contribution in [0.5, 0.6) is 0 Å². The number of aromatic nitrogens is 2. The Hall–Kier alpha value is -1.92. The summed E-state index contributed by atoms with van der Waals surface area (Å²) in [7, 11) is 0. The maximum Gasteiger partial charge on any atom is 0.381 e. The fraction of sp³-hybridized carbons (Fsp3) is 0.556. The summed E-state index contributed by atoms with van der Waals surface area (Å²) in [6, 6.07) is 0.103. The highest BCUT2D eigenvalue weighted by Crippen LogP contribution is 2.05. The van der Waals surface area contributed by atoms with Gasteiger partial charge < -0.3 is 20.0 Å². The van der Waals surface area contributed by atoms with E-state index >= 15 is 0 Å². The van der Waals surface area contributed by atoms with E-state index in [0.717, 1.165) is 6.42 Å². The summed E-state index contributed by atoms with van der Waals surface area (Å²) in [6.07, 6.45) is 3.35. The van der Waals surface area contributed by atoms with Crippen molar-refractivity contribution in [2.45, 2.75) is 32.9 Å². The van der Waals surface area contributed by atoms with Gasteiger partial charge in [0.25, 0.3) is 0 Å². The molecule has 0 aliphatic rings. The molecular weight excluding hydrogens is 212 g/mol. The summed E-state index contributed by atoms with van der Waals surface area (Å²) in [4.78, 5) is 24.7. The van der Waals surface area contributed by atoms with Crippen molar-refractivity contribution in [3.63, 3.8) is 0 Å². The van der Waals surface area contributed by atoms with Crippen LogP contribution in [0.1, 0.15) is 20.3 Å². The van der Waals surface area contributed by atoms with Crippen molar-refractivity contribution >= 4 is 11.7 Å². The van der Waals surface area contributed by atoms with Crippen LogP contribution < -0.4 is 5.32 Å². The van der Waals surface area contributed by atoms with Crippen molar-refractivity contribution in [3.05, 3.63) is 22.6 Å². The minimum atomic E-state index is -0.594. The van der Waals surface area contributed by atoms with Crippen LogP contribution in [0.3, 0.4) is 0 Å². The maximum atomic E-state index is 11.4. The molecular formula is C9H14N4O3. The molecule has 0 unspecified atom stereocenters. The quantitative estimate of drug-likeness (QED) is 0.591. The smallest absolute Gasteiger partial charge is 0.358 e. The summed E-state index contributed by atoms with van der Waals surface area (Å²) < 4.78 is 1.38. The van der Waals surface area contributed by atoms with Gasteiger partial charge in [0, 0.05) is 6.04 Å². The number of hydrogen-bond donors (Lipinski definition) is 1. The third kappa shape index (κ3) is 3.34. The highest BCUT2D eigenvalue weighted by atomic mass is 16.6. The first-order valence-electron chi connectivity index (χ1n) is 4.98. The van der Waals surface area contributed by atoms with Crippen LogP contribution in [0.25, 0.3) is 0 Å². The van der Waals surface area contributed by atoms with Gasteiger partial charge in [-0.05, 0) is 23.3 Å². The second-order valence-corrected chi connectivity index (χ2v) is 3.54. The lowest BCUT2D eigenvalue weighted by molar-refractivity contribution is -0.389. The number of rotatable bonds is 5. The van der Waals surface area contributed by atoms with Crippen LogP contribution in [0.4, 0.5) is 5.82 Å². The highest BCUT2D eigenvalue weighted by molar-refractivity contribution is 5.76. The number of nitrogens with zero attached hydrogens (tertiary/aromatic N) is 3. The summed E-state index contributed by atoms with van der Waals surface area (Å²) in [5, 5.41) is 13.1. The SMILES string of the molecule is CC[C@H](C)NC(=O)Cn1cnc([N+](=O)[O-])c1. The van der Waals surface area contributed by atoms with Gasteiger partial charge in [-0.25, -0.2) is 0 Å². The molecule has 1 aromatic heterocycles. The van der Waals surface area contributed by atoms with Gasteiger partial charge in [-0.2, -0.15) is 0 Å². The molecule has 1 N–H and O–H groups in total. The molecule has 7 nitrogen and oxygen atoms in total. The van der Waals surface area contributed by atoms with Gasteiger partial charge in [-0.15, -0.1) is 0 Å². The number of nitro groups is 1. The molecule has 0 aliphatic heterocycles. The van der Waals surface area contributed by atoms with E-state index in [0.29, 0.717) is 0 Å². The molecule has 0 bridgehead atoms. The van der Waals surface area contributed by atoms with Crippen molar-refractivity contribution in [3.8, 4) is 0 Å². The van der Waals surface area contributed by atoms with Gasteiger partial charge >= 0.3 is 5.82 Å². The van der Waals surface area contributed by atoms with Crippen molar-refractivity contribution in [1.82, 2.24) is 14.9 Å². The van der Waals surface area contributed by atoms with E-state index in [4.69, 9.17) is 0 Å². The number of hydrogen-bond acceptors (Lipinski definition) is 4. The second kappa shape index (κ2) is 5.24. The number of imidazole rings is 1. The molecule has 0 fully saturated rings. The first kappa shape index (κ1) is 12.2.